The Bertz CT molecular complexity index is 2610. The number of fused-ring (bicyclic) bond motifs is 3. The first kappa shape index (κ1) is 32.2. The Morgan fingerprint density at radius 1 is 0.321 bits per heavy atom. The van der Waals surface area contributed by atoms with Crippen LogP contribution in [0, 0.1) is 5.82 Å². The minimum absolute atomic E-state index is 0.294. The third-order valence-electron chi connectivity index (χ3n) is 9.41. The van der Waals surface area contributed by atoms with Gasteiger partial charge in [0.25, 0.3) is 0 Å². The van der Waals surface area contributed by atoms with Gasteiger partial charge in [-0.15, -0.1) is 11.3 Å². The van der Waals surface area contributed by atoms with Gasteiger partial charge in [-0.1, -0.05) is 109 Å². The van der Waals surface area contributed by atoms with Crippen molar-refractivity contribution < 1.29 is 4.39 Å². The Morgan fingerprint density at radius 2 is 0.736 bits per heavy atom. The summed E-state index contributed by atoms with van der Waals surface area (Å²) < 4.78 is 17.5. The molecule has 254 valence electrons. The normalized spacial score (nSPS) is 11.1. The fraction of sp³-hybridized carbons (Fsp3) is 0. The number of anilines is 9. The molecule has 0 spiro atoms. The number of nitrogens with zero attached hydrogens (tertiary/aromatic N) is 3. The lowest BCUT2D eigenvalue weighted by molar-refractivity contribution is 0.628. The second kappa shape index (κ2) is 14.1. The average molecular weight is 704 g/mol. The zero-order valence-corrected chi connectivity index (χ0v) is 29.6. The molecule has 0 aliphatic heterocycles. The van der Waals surface area contributed by atoms with Crippen LogP contribution in [-0.4, -0.2) is 0 Å². The second-order valence-corrected chi connectivity index (χ2v) is 13.8. The molecule has 1 aromatic heterocycles. The summed E-state index contributed by atoms with van der Waals surface area (Å²) in [6, 6.07) is 70.3. The zero-order chi connectivity index (χ0) is 35.6. The highest BCUT2D eigenvalue weighted by Crippen LogP contribution is 2.48. The Morgan fingerprint density at radius 3 is 1.28 bits per heavy atom. The van der Waals surface area contributed by atoms with E-state index in [4.69, 9.17) is 0 Å². The van der Waals surface area contributed by atoms with Crippen LogP contribution in [0.2, 0.25) is 0 Å². The molecule has 0 bridgehead atoms. The van der Waals surface area contributed by atoms with Gasteiger partial charge in [0.15, 0.2) is 0 Å². The van der Waals surface area contributed by atoms with Crippen molar-refractivity contribution in [3.63, 3.8) is 0 Å². The average Bonchev–Trinajstić information content (AvgIpc) is 3.60. The molecule has 3 nitrogen and oxygen atoms in total. The molecule has 0 fully saturated rings. The quantitative estimate of drug-likeness (QED) is 0.148. The Balaban J connectivity index is 1.36. The molecule has 0 unspecified atom stereocenters. The number of rotatable bonds is 9. The minimum atomic E-state index is -0.294. The zero-order valence-electron chi connectivity index (χ0n) is 28.8. The van der Waals surface area contributed by atoms with Gasteiger partial charge in [0, 0.05) is 43.9 Å². The summed E-state index contributed by atoms with van der Waals surface area (Å²) in [4.78, 5) is 6.77. The monoisotopic (exact) mass is 703 g/mol. The molecule has 9 rings (SSSR count). The van der Waals surface area contributed by atoms with Crippen LogP contribution in [0.5, 0.6) is 0 Å². The van der Waals surface area contributed by atoms with Crippen molar-refractivity contribution in [3.05, 3.63) is 212 Å². The molecule has 0 N–H and O–H groups in total. The number of benzene rings is 8. The molecule has 1 heterocycles. The molecule has 0 radical (unpaired) electrons. The van der Waals surface area contributed by atoms with Crippen molar-refractivity contribution in [1.29, 1.82) is 0 Å². The van der Waals surface area contributed by atoms with Crippen molar-refractivity contribution in [2.75, 3.05) is 14.7 Å². The van der Waals surface area contributed by atoms with Crippen molar-refractivity contribution in [3.8, 4) is 0 Å². The standard InChI is InChI=1S/C48H34FN3S/c49-35-17-15-26-40(31-35)51(38-22-9-3-10-23-38)42-32-41(50(36-18-5-1-6-19-36)37-20-7-2-8-21-37)33-43(34-42)52(39-24-11-4-12-25-39)46-29-16-28-45-44-27-13-14-30-47(44)53-48(45)46/h1-34H. The SMILES string of the molecule is Fc1cccc(N(c2ccccc2)c2cc(N(c3ccccc3)c3ccccc3)cc(N(c3ccccc3)c3cccc4c3sc3ccccc34)c2)c1. The first-order chi connectivity index (χ1) is 26.2. The van der Waals surface area contributed by atoms with E-state index in [0.29, 0.717) is 0 Å². The number of hydrogen-bond acceptors (Lipinski definition) is 4. The third-order valence-corrected chi connectivity index (χ3v) is 10.6. The smallest absolute Gasteiger partial charge is 0.125 e. The van der Waals surface area contributed by atoms with Crippen molar-refractivity contribution in [2.45, 2.75) is 0 Å². The van der Waals surface area contributed by atoms with Crippen molar-refractivity contribution >= 4 is 82.7 Å². The number of halogens is 1. The second-order valence-electron chi connectivity index (χ2n) is 12.8. The largest absolute Gasteiger partial charge is 0.310 e. The minimum Gasteiger partial charge on any atom is -0.310 e. The molecular formula is C48H34FN3S. The summed E-state index contributed by atoms with van der Waals surface area (Å²) in [6.07, 6.45) is 0. The van der Waals surface area contributed by atoms with Crippen LogP contribution >= 0.6 is 11.3 Å². The lowest BCUT2D eigenvalue weighted by Crippen LogP contribution is -2.16. The van der Waals surface area contributed by atoms with Gasteiger partial charge >= 0.3 is 0 Å². The van der Waals surface area contributed by atoms with E-state index in [2.05, 4.69) is 166 Å². The van der Waals surface area contributed by atoms with Crippen LogP contribution in [0.15, 0.2) is 206 Å². The Labute approximate surface area is 312 Å². The van der Waals surface area contributed by atoms with Crippen molar-refractivity contribution in [1.82, 2.24) is 0 Å². The van der Waals surface area contributed by atoms with Gasteiger partial charge < -0.3 is 14.7 Å². The topological polar surface area (TPSA) is 9.72 Å². The van der Waals surface area contributed by atoms with Crippen molar-refractivity contribution in [2.24, 2.45) is 0 Å². The molecule has 8 aromatic carbocycles. The van der Waals surface area contributed by atoms with Crippen LogP contribution in [-0.2, 0) is 0 Å². The van der Waals surface area contributed by atoms with Gasteiger partial charge in [-0.2, -0.15) is 0 Å². The number of para-hydroxylation sites is 4. The molecule has 0 amide bonds. The lowest BCUT2D eigenvalue weighted by Gasteiger charge is -2.33. The summed E-state index contributed by atoms with van der Waals surface area (Å²) in [5.41, 5.74) is 8.61. The first-order valence-electron chi connectivity index (χ1n) is 17.6. The van der Waals surface area contributed by atoms with Crippen LogP contribution in [0.3, 0.4) is 0 Å². The molecule has 53 heavy (non-hydrogen) atoms. The first-order valence-corrected chi connectivity index (χ1v) is 18.4. The summed E-state index contributed by atoms with van der Waals surface area (Å²) in [6.45, 7) is 0. The summed E-state index contributed by atoms with van der Waals surface area (Å²) >= 11 is 1.81. The predicted molar refractivity (Wildman–Crippen MR) is 223 cm³/mol. The maximum absolute atomic E-state index is 15.1. The Hall–Kier alpha value is -6.69. The Kier molecular flexibility index (Phi) is 8.60. The highest BCUT2D eigenvalue weighted by molar-refractivity contribution is 7.26. The summed E-state index contributed by atoms with van der Waals surface area (Å²) in [7, 11) is 0. The lowest BCUT2D eigenvalue weighted by atomic mass is 10.1. The number of hydrogen-bond donors (Lipinski definition) is 0. The molecule has 0 atom stereocenters. The highest BCUT2D eigenvalue weighted by Gasteiger charge is 2.24. The van der Waals surface area contributed by atoms with E-state index < -0.39 is 0 Å². The van der Waals surface area contributed by atoms with Crippen LogP contribution < -0.4 is 14.7 Å². The molecular weight excluding hydrogens is 670 g/mol. The molecule has 0 aliphatic carbocycles. The fourth-order valence-electron chi connectivity index (χ4n) is 7.12. The van der Waals surface area contributed by atoms with Crippen LogP contribution in [0.1, 0.15) is 0 Å². The molecule has 0 saturated heterocycles. The molecule has 5 heteroatoms. The van der Waals surface area contributed by atoms with Gasteiger partial charge in [-0.25, -0.2) is 4.39 Å². The van der Waals surface area contributed by atoms with Crippen LogP contribution in [0.4, 0.5) is 55.6 Å². The maximum Gasteiger partial charge on any atom is 0.125 e. The van der Waals surface area contributed by atoms with Gasteiger partial charge in [0.2, 0.25) is 0 Å². The fourth-order valence-corrected chi connectivity index (χ4v) is 8.33. The van der Waals surface area contributed by atoms with Gasteiger partial charge in [-0.3, -0.25) is 0 Å². The maximum atomic E-state index is 15.1. The van der Waals surface area contributed by atoms with E-state index in [-0.39, 0.29) is 5.82 Å². The molecule has 0 saturated carbocycles. The van der Waals surface area contributed by atoms with Gasteiger partial charge in [-0.05, 0) is 97.1 Å². The van der Waals surface area contributed by atoms with Crippen LogP contribution in [0.25, 0.3) is 20.2 Å². The summed E-state index contributed by atoms with van der Waals surface area (Å²) in [5.74, 6) is -0.294. The third kappa shape index (κ3) is 6.28. The predicted octanol–water partition coefficient (Wildman–Crippen LogP) is 14.6. The highest BCUT2D eigenvalue weighted by atomic mass is 32.1. The van der Waals surface area contributed by atoms with E-state index in [1.165, 1.54) is 26.2 Å². The number of thiophene rings is 1. The summed E-state index contributed by atoms with van der Waals surface area (Å²) in [5, 5.41) is 2.47. The van der Waals surface area contributed by atoms with E-state index in [1.807, 2.05) is 47.7 Å². The van der Waals surface area contributed by atoms with E-state index in [1.54, 1.807) is 12.1 Å². The van der Waals surface area contributed by atoms with Gasteiger partial charge in [0.1, 0.15) is 5.82 Å². The molecule has 9 aromatic rings. The van der Waals surface area contributed by atoms with E-state index >= 15 is 4.39 Å². The van der Waals surface area contributed by atoms with Gasteiger partial charge in [0.05, 0.1) is 27.4 Å². The van der Waals surface area contributed by atoms with E-state index in [9.17, 15) is 0 Å². The molecule has 0 aliphatic rings. The van der Waals surface area contributed by atoms with E-state index in [0.717, 1.165) is 51.2 Å².